The quantitative estimate of drug-likeness (QED) is 0.800. The van der Waals surface area contributed by atoms with Gasteiger partial charge in [0.1, 0.15) is 6.10 Å². The van der Waals surface area contributed by atoms with Gasteiger partial charge in [0.05, 0.1) is 20.3 Å². The molecule has 1 atom stereocenters. The Labute approximate surface area is 104 Å². The van der Waals surface area contributed by atoms with E-state index < -0.39 is 12.1 Å². The Balaban J connectivity index is 2.23. The normalized spacial score (nSPS) is 16.8. The third-order valence-corrected chi connectivity index (χ3v) is 2.64. The zero-order chi connectivity index (χ0) is 13.1. The lowest BCUT2D eigenvalue weighted by atomic mass is 10.1. The maximum absolute atomic E-state index is 10.7. The molecule has 98 valence electrons. The lowest BCUT2D eigenvalue weighted by molar-refractivity contribution is -0.146. The van der Waals surface area contributed by atoms with Crippen molar-refractivity contribution >= 4 is 5.97 Å². The maximum Gasteiger partial charge on any atom is 0.337 e. The molecule has 0 bridgehead atoms. The van der Waals surface area contributed by atoms with E-state index >= 15 is 0 Å². The standard InChI is InChI=1S/C12H14O6/c1-16-9-3-2-7(11(13)12(14)15)4-10(9)18-8-5-17-6-8/h2-4,8,11,13H,5-6H2,1H3,(H,14,15). The molecule has 0 spiro atoms. The van der Waals surface area contributed by atoms with Crippen LogP contribution in [-0.2, 0) is 9.53 Å². The molecule has 2 N–H and O–H groups in total. The summed E-state index contributed by atoms with van der Waals surface area (Å²) >= 11 is 0. The zero-order valence-electron chi connectivity index (χ0n) is 9.83. The smallest absolute Gasteiger partial charge is 0.337 e. The third kappa shape index (κ3) is 2.55. The lowest BCUT2D eigenvalue weighted by Crippen LogP contribution is -2.38. The van der Waals surface area contributed by atoms with Gasteiger partial charge in [0.25, 0.3) is 0 Å². The van der Waals surface area contributed by atoms with Gasteiger partial charge < -0.3 is 24.4 Å². The number of rotatable bonds is 5. The molecular formula is C12H14O6. The fourth-order valence-electron chi connectivity index (χ4n) is 1.56. The van der Waals surface area contributed by atoms with E-state index in [0.717, 1.165) is 0 Å². The fraction of sp³-hybridized carbons (Fsp3) is 0.417. The Bertz CT molecular complexity index is 440. The summed E-state index contributed by atoms with van der Waals surface area (Å²) in [7, 11) is 1.49. The Kier molecular flexibility index (Phi) is 3.69. The minimum Gasteiger partial charge on any atom is -0.493 e. The molecule has 1 aromatic carbocycles. The van der Waals surface area contributed by atoms with Gasteiger partial charge in [-0.1, -0.05) is 6.07 Å². The van der Waals surface area contributed by atoms with E-state index in [1.165, 1.54) is 19.2 Å². The fourth-order valence-corrected chi connectivity index (χ4v) is 1.56. The highest BCUT2D eigenvalue weighted by Crippen LogP contribution is 2.32. The number of carbonyl (C=O) groups is 1. The molecule has 0 aromatic heterocycles. The first-order chi connectivity index (χ1) is 8.61. The summed E-state index contributed by atoms with van der Waals surface area (Å²) in [5.41, 5.74) is 0.249. The zero-order valence-corrected chi connectivity index (χ0v) is 9.83. The SMILES string of the molecule is COc1ccc(C(O)C(=O)O)cc1OC1COC1. The van der Waals surface area contributed by atoms with Gasteiger partial charge in [-0.25, -0.2) is 4.79 Å². The van der Waals surface area contributed by atoms with Crippen LogP contribution in [0.2, 0.25) is 0 Å². The Morgan fingerprint density at radius 3 is 2.67 bits per heavy atom. The summed E-state index contributed by atoms with van der Waals surface area (Å²) in [6.07, 6.45) is -1.63. The number of hydrogen-bond acceptors (Lipinski definition) is 5. The van der Waals surface area contributed by atoms with Crippen molar-refractivity contribution in [3.63, 3.8) is 0 Å². The van der Waals surface area contributed by atoms with E-state index in [4.69, 9.17) is 19.3 Å². The van der Waals surface area contributed by atoms with Crippen LogP contribution in [0.15, 0.2) is 18.2 Å². The van der Waals surface area contributed by atoms with Crippen molar-refractivity contribution in [3.8, 4) is 11.5 Å². The molecule has 6 nitrogen and oxygen atoms in total. The van der Waals surface area contributed by atoms with Gasteiger partial charge in [0.2, 0.25) is 0 Å². The van der Waals surface area contributed by atoms with Gasteiger partial charge in [-0.05, 0) is 17.7 Å². The van der Waals surface area contributed by atoms with E-state index in [0.29, 0.717) is 24.7 Å². The summed E-state index contributed by atoms with van der Waals surface area (Å²) in [5.74, 6) is -0.412. The number of ether oxygens (including phenoxy) is 3. The van der Waals surface area contributed by atoms with Crippen LogP contribution in [-0.4, -0.2) is 42.6 Å². The summed E-state index contributed by atoms with van der Waals surface area (Å²) in [4.78, 5) is 10.7. The minimum absolute atomic E-state index is 0.0591. The van der Waals surface area contributed by atoms with Crippen LogP contribution in [0.25, 0.3) is 0 Å². The van der Waals surface area contributed by atoms with Crippen LogP contribution in [0.1, 0.15) is 11.7 Å². The molecule has 1 fully saturated rings. The van der Waals surface area contributed by atoms with Crippen molar-refractivity contribution in [2.45, 2.75) is 12.2 Å². The average molecular weight is 254 g/mol. The van der Waals surface area contributed by atoms with E-state index in [1.807, 2.05) is 0 Å². The van der Waals surface area contributed by atoms with Crippen LogP contribution in [0.5, 0.6) is 11.5 Å². The number of hydrogen-bond donors (Lipinski definition) is 2. The number of aliphatic carboxylic acids is 1. The average Bonchev–Trinajstić information content (AvgIpc) is 2.32. The summed E-state index contributed by atoms with van der Waals surface area (Å²) in [6.45, 7) is 0.990. The van der Waals surface area contributed by atoms with Gasteiger partial charge in [-0.3, -0.25) is 0 Å². The Morgan fingerprint density at radius 1 is 1.44 bits per heavy atom. The molecule has 2 rings (SSSR count). The molecule has 0 amide bonds. The largest absolute Gasteiger partial charge is 0.493 e. The van der Waals surface area contributed by atoms with Crippen LogP contribution in [0, 0.1) is 0 Å². The summed E-state index contributed by atoms with van der Waals surface area (Å²) in [5, 5.41) is 18.2. The Morgan fingerprint density at radius 2 is 2.17 bits per heavy atom. The molecule has 1 saturated heterocycles. The predicted molar refractivity (Wildman–Crippen MR) is 60.8 cm³/mol. The molecule has 18 heavy (non-hydrogen) atoms. The number of aliphatic hydroxyl groups excluding tert-OH is 1. The van der Waals surface area contributed by atoms with Crippen LogP contribution in [0.3, 0.4) is 0 Å². The second-order valence-corrected chi connectivity index (χ2v) is 3.93. The van der Waals surface area contributed by atoms with E-state index in [1.54, 1.807) is 6.07 Å². The number of carboxylic acids is 1. The van der Waals surface area contributed by atoms with E-state index in [-0.39, 0.29) is 11.7 Å². The van der Waals surface area contributed by atoms with Gasteiger partial charge >= 0.3 is 5.97 Å². The van der Waals surface area contributed by atoms with Crippen LogP contribution >= 0.6 is 0 Å². The summed E-state index contributed by atoms with van der Waals surface area (Å²) in [6, 6.07) is 4.52. The van der Waals surface area contributed by atoms with Crippen LogP contribution < -0.4 is 9.47 Å². The van der Waals surface area contributed by atoms with Crippen LogP contribution in [0.4, 0.5) is 0 Å². The molecule has 0 saturated carbocycles. The minimum atomic E-state index is -1.57. The van der Waals surface area contributed by atoms with Crippen molar-refractivity contribution in [3.05, 3.63) is 23.8 Å². The van der Waals surface area contributed by atoms with Crippen molar-refractivity contribution in [1.82, 2.24) is 0 Å². The number of benzene rings is 1. The summed E-state index contributed by atoms with van der Waals surface area (Å²) < 4.78 is 15.7. The van der Waals surface area contributed by atoms with E-state index in [9.17, 15) is 9.90 Å². The number of carboxylic acid groups (broad SMARTS) is 1. The highest BCUT2D eigenvalue weighted by atomic mass is 16.6. The van der Waals surface area contributed by atoms with Gasteiger partial charge in [0.15, 0.2) is 17.6 Å². The Hall–Kier alpha value is -1.79. The molecule has 1 heterocycles. The molecule has 0 aliphatic carbocycles. The van der Waals surface area contributed by atoms with Gasteiger partial charge in [-0.15, -0.1) is 0 Å². The van der Waals surface area contributed by atoms with Gasteiger partial charge in [-0.2, -0.15) is 0 Å². The first-order valence-electron chi connectivity index (χ1n) is 5.45. The first kappa shape index (κ1) is 12.7. The molecule has 0 radical (unpaired) electrons. The first-order valence-corrected chi connectivity index (χ1v) is 5.45. The maximum atomic E-state index is 10.7. The van der Waals surface area contributed by atoms with Crippen molar-refractivity contribution in [1.29, 1.82) is 0 Å². The van der Waals surface area contributed by atoms with E-state index in [2.05, 4.69) is 0 Å². The number of aliphatic hydroxyl groups is 1. The second-order valence-electron chi connectivity index (χ2n) is 3.93. The third-order valence-electron chi connectivity index (χ3n) is 2.64. The molecule has 6 heteroatoms. The highest BCUT2D eigenvalue weighted by molar-refractivity contribution is 5.74. The monoisotopic (exact) mass is 254 g/mol. The lowest BCUT2D eigenvalue weighted by Gasteiger charge is -2.27. The topological polar surface area (TPSA) is 85.2 Å². The number of methoxy groups -OCH3 is 1. The second kappa shape index (κ2) is 5.24. The molecule has 1 aliphatic heterocycles. The van der Waals surface area contributed by atoms with Gasteiger partial charge in [0, 0.05) is 0 Å². The molecule has 1 unspecified atom stereocenters. The highest BCUT2D eigenvalue weighted by Gasteiger charge is 2.23. The molecule has 1 aromatic rings. The molecular weight excluding hydrogens is 240 g/mol. The van der Waals surface area contributed by atoms with Crippen molar-refractivity contribution < 1.29 is 29.2 Å². The predicted octanol–water partition coefficient (Wildman–Crippen LogP) is 0.591. The van der Waals surface area contributed by atoms with Crippen molar-refractivity contribution in [2.24, 2.45) is 0 Å². The van der Waals surface area contributed by atoms with Crippen molar-refractivity contribution in [2.75, 3.05) is 20.3 Å². The molecule has 1 aliphatic rings.